The summed E-state index contributed by atoms with van der Waals surface area (Å²) in [6, 6.07) is 2.82. The predicted molar refractivity (Wildman–Crippen MR) is 68.4 cm³/mol. The Morgan fingerprint density at radius 1 is 1.47 bits per heavy atom. The van der Waals surface area contributed by atoms with E-state index in [0.29, 0.717) is 22.7 Å². The van der Waals surface area contributed by atoms with Crippen LogP contribution >= 0.6 is 11.6 Å². The number of rotatable bonds is 3. The largest absolute Gasteiger partial charge is 0.330 e. The highest BCUT2D eigenvalue weighted by Gasteiger charge is 2.42. The summed E-state index contributed by atoms with van der Waals surface area (Å²) in [5, 5.41) is 0.538. The van der Waals surface area contributed by atoms with Crippen molar-refractivity contribution >= 4 is 11.6 Å². The van der Waals surface area contributed by atoms with Gasteiger partial charge in [-0.3, -0.25) is 0 Å². The van der Waals surface area contributed by atoms with Gasteiger partial charge in [-0.15, -0.1) is 0 Å². The van der Waals surface area contributed by atoms with Crippen molar-refractivity contribution in [1.29, 1.82) is 0 Å². The van der Waals surface area contributed by atoms with Crippen molar-refractivity contribution in [2.75, 3.05) is 6.54 Å². The van der Waals surface area contributed by atoms with Crippen molar-refractivity contribution in [3.05, 3.63) is 34.1 Å². The Balaban J connectivity index is 2.36. The highest BCUT2D eigenvalue weighted by molar-refractivity contribution is 6.31. The second-order valence-electron chi connectivity index (χ2n) is 5.02. The highest BCUT2D eigenvalue weighted by atomic mass is 35.5. The van der Waals surface area contributed by atoms with Crippen LogP contribution in [0.4, 0.5) is 4.39 Å². The van der Waals surface area contributed by atoms with Gasteiger partial charge in [0.2, 0.25) is 0 Å². The van der Waals surface area contributed by atoms with Gasteiger partial charge in [-0.1, -0.05) is 18.0 Å². The second-order valence-corrected chi connectivity index (χ2v) is 5.43. The van der Waals surface area contributed by atoms with Gasteiger partial charge in [0, 0.05) is 16.5 Å². The summed E-state index contributed by atoms with van der Waals surface area (Å²) < 4.78 is 13.6. The van der Waals surface area contributed by atoms with Crippen LogP contribution in [0, 0.1) is 18.2 Å². The number of benzene rings is 1. The lowest BCUT2D eigenvalue weighted by Crippen LogP contribution is -2.46. The van der Waals surface area contributed by atoms with Crippen LogP contribution in [-0.2, 0) is 0 Å². The molecule has 1 aromatic carbocycles. The van der Waals surface area contributed by atoms with Crippen LogP contribution in [-0.4, -0.2) is 6.54 Å². The number of hydrogen-bond acceptors (Lipinski definition) is 2. The van der Waals surface area contributed by atoms with Crippen LogP contribution in [0.2, 0.25) is 5.02 Å². The first-order valence-corrected chi connectivity index (χ1v) is 6.29. The zero-order chi connectivity index (χ0) is 12.6. The Kier molecular flexibility index (Phi) is 3.43. The third-order valence-electron chi connectivity index (χ3n) is 4.03. The van der Waals surface area contributed by atoms with Crippen LogP contribution in [0.1, 0.15) is 36.4 Å². The van der Waals surface area contributed by atoms with E-state index in [1.807, 2.05) is 0 Å². The lowest BCUT2D eigenvalue weighted by atomic mass is 9.62. The van der Waals surface area contributed by atoms with Crippen molar-refractivity contribution in [2.24, 2.45) is 16.9 Å². The Hall–Kier alpha value is -0.640. The first-order chi connectivity index (χ1) is 8.00. The molecule has 2 nitrogen and oxygen atoms in total. The van der Waals surface area contributed by atoms with Gasteiger partial charge in [0.25, 0.3) is 0 Å². The van der Waals surface area contributed by atoms with E-state index < -0.39 is 0 Å². The Morgan fingerprint density at radius 2 is 2.12 bits per heavy atom. The number of aryl methyl sites for hydroxylation is 1. The summed E-state index contributed by atoms with van der Waals surface area (Å²) in [4.78, 5) is 0. The fraction of sp³-hybridized carbons (Fsp3) is 0.538. The molecule has 0 aliphatic heterocycles. The second kappa shape index (κ2) is 4.56. The van der Waals surface area contributed by atoms with Crippen molar-refractivity contribution in [3.8, 4) is 0 Å². The van der Waals surface area contributed by atoms with Gasteiger partial charge in [0.15, 0.2) is 0 Å². The Morgan fingerprint density at radius 3 is 2.59 bits per heavy atom. The average molecular weight is 257 g/mol. The van der Waals surface area contributed by atoms with Gasteiger partial charge in [0.05, 0.1) is 0 Å². The van der Waals surface area contributed by atoms with E-state index in [0.717, 1.165) is 19.3 Å². The molecule has 0 spiro atoms. The van der Waals surface area contributed by atoms with Crippen LogP contribution in [0.5, 0.6) is 0 Å². The number of nitrogens with two attached hydrogens (primary N) is 2. The standard InChI is InChI=1S/C13H18ClFN2/c1-8-5-10(14)9(6-11(8)15)12(17)13(7-16)3-2-4-13/h5-6,12H,2-4,7,16-17H2,1H3. The molecule has 1 aliphatic rings. The predicted octanol–water partition coefficient (Wildman–Crippen LogP) is 2.92. The molecule has 2 rings (SSSR count). The number of hydrogen-bond donors (Lipinski definition) is 2. The van der Waals surface area contributed by atoms with Crippen molar-refractivity contribution in [1.82, 2.24) is 0 Å². The van der Waals surface area contributed by atoms with E-state index in [-0.39, 0.29) is 17.3 Å². The summed E-state index contributed by atoms with van der Waals surface area (Å²) in [6.07, 6.45) is 3.13. The van der Waals surface area contributed by atoms with Gasteiger partial charge in [-0.05, 0) is 49.6 Å². The summed E-state index contributed by atoms with van der Waals surface area (Å²) in [6.45, 7) is 2.22. The molecule has 0 aromatic heterocycles. The molecule has 94 valence electrons. The topological polar surface area (TPSA) is 52.0 Å². The van der Waals surface area contributed by atoms with Crippen molar-refractivity contribution in [3.63, 3.8) is 0 Å². The minimum absolute atomic E-state index is 0.0919. The molecule has 1 aromatic rings. The minimum Gasteiger partial charge on any atom is -0.330 e. The molecule has 0 radical (unpaired) electrons. The first kappa shape index (κ1) is 12.8. The number of halogens is 2. The lowest BCUT2D eigenvalue weighted by molar-refractivity contribution is 0.104. The molecule has 1 fully saturated rings. The molecule has 0 bridgehead atoms. The van der Waals surface area contributed by atoms with Crippen LogP contribution in [0.15, 0.2) is 12.1 Å². The molecular formula is C13H18ClFN2. The maximum atomic E-state index is 13.6. The molecule has 1 unspecified atom stereocenters. The molecule has 0 amide bonds. The SMILES string of the molecule is Cc1cc(Cl)c(C(N)C2(CN)CCC2)cc1F. The maximum Gasteiger partial charge on any atom is 0.126 e. The van der Waals surface area contributed by atoms with E-state index >= 15 is 0 Å². The van der Waals surface area contributed by atoms with E-state index in [1.165, 1.54) is 6.07 Å². The fourth-order valence-electron chi connectivity index (χ4n) is 2.50. The highest BCUT2D eigenvalue weighted by Crippen LogP contribution is 2.49. The van der Waals surface area contributed by atoms with E-state index in [1.54, 1.807) is 13.0 Å². The van der Waals surface area contributed by atoms with Gasteiger partial charge in [-0.25, -0.2) is 4.39 Å². The van der Waals surface area contributed by atoms with E-state index in [9.17, 15) is 4.39 Å². The zero-order valence-electron chi connectivity index (χ0n) is 9.97. The summed E-state index contributed by atoms with van der Waals surface area (Å²) in [7, 11) is 0. The molecular weight excluding hydrogens is 239 g/mol. The van der Waals surface area contributed by atoms with Crippen LogP contribution in [0.3, 0.4) is 0 Å². The van der Waals surface area contributed by atoms with Crippen molar-refractivity contribution < 1.29 is 4.39 Å². The van der Waals surface area contributed by atoms with Crippen molar-refractivity contribution in [2.45, 2.75) is 32.2 Å². The molecule has 0 heterocycles. The fourth-order valence-corrected chi connectivity index (χ4v) is 2.84. The van der Waals surface area contributed by atoms with E-state index in [2.05, 4.69) is 0 Å². The monoisotopic (exact) mass is 256 g/mol. The summed E-state index contributed by atoms with van der Waals surface area (Å²) in [5.41, 5.74) is 13.2. The lowest BCUT2D eigenvalue weighted by Gasteiger charge is -2.46. The molecule has 4 N–H and O–H groups in total. The smallest absolute Gasteiger partial charge is 0.126 e. The van der Waals surface area contributed by atoms with Crippen LogP contribution < -0.4 is 11.5 Å². The average Bonchev–Trinajstić information content (AvgIpc) is 2.22. The summed E-state index contributed by atoms with van der Waals surface area (Å²) >= 11 is 6.15. The zero-order valence-corrected chi connectivity index (χ0v) is 10.7. The van der Waals surface area contributed by atoms with E-state index in [4.69, 9.17) is 23.1 Å². The molecule has 1 atom stereocenters. The molecule has 1 saturated carbocycles. The normalized spacial score (nSPS) is 19.8. The molecule has 17 heavy (non-hydrogen) atoms. The maximum absolute atomic E-state index is 13.6. The van der Waals surface area contributed by atoms with Crippen LogP contribution in [0.25, 0.3) is 0 Å². The Labute approximate surface area is 106 Å². The molecule has 1 aliphatic carbocycles. The third-order valence-corrected chi connectivity index (χ3v) is 4.36. The third kappa shape index (κ3) is 2.07. The van der Waals surface area contributed by atoms with Gasteiger partial charge >= 0.3 is 0 Å². The van der Waals surface area contributed by atoms with Gasteiger partial charge in [-0.2, -0.15) is 0 Å². The first-order valence-electron chi connectivity index (χ1n) is 5.91. The quantitative estimate of drug-likeness (QED) is 0.874. The minimum atomic E-state index is -0.274. The molecule has 0 saturated heterocycles. The summed E-state index contributed by atoms with van der Waals surface area (Å²) in [5.74, 6) is -0.258. The van der Waals surface area contributed by atoms with Gasteiger partial charge < -0.3 is 11.5 Å². The van der Waals surface area contributed by atoms with Gasteiger partial charge in [0.1, 0.15) is 5.82 Å². The Bertz CT molecular complexity index is 424. The molecule has 4 heteroatoms.